The largest absolute Gasteiger partial charge is 0.357 e. The number of aromatic nitrogens is 2. The molecule has 2 N–H and O–H groups in total. The molecule has 0 saturated carbocycles. The second-order valence-corrected chi connectivity index (χ2v) is 7.87. The molecule has 4 rings (SSSR count). The minimum Gasteiger partial charge on any atom is -0.357 e. The van der Waals surface area contributed by atoms with Crippen molar-refractivity contribution in [2.75, 3.05) is 36.0 Å². The second-order valence-electron chi connectivity index (χ2n) is 7.03. The molecule has 2 saturated heterocycles. The predicted octanol–water partition coefficient (Wildman–Crippen LogP) is 1.92. The molecule has 0 radical (unpaired) electrons. The molecule has 148 valence electrons. The first-order chi connectivity index (χ1) is 13.7. The Balaban J connectivity index is 1.30. The summed E-state index contributed by atoms with van der Waals surface area (Å²) in [5.41, 5.74) is 1.72. The lowest BCUT2D eigenvalue weighted by molar-refractivity contribution is -0.120. The molecule has 3 amide bonds. The van der Waals surface area contributed by atoms with E-state index in [1.807, 2.05) is 17.5 Å². The summed E-state index contributed by atoms with van der Waals surface area (Å²) in [6, 6.07) is 3.85. The molecular formula is C19H24N6O2S. The highest BCUT2D eigenvalue weighted by atomic mass is 32.1. The lowest BCUT2D eigenvalue weighted by Crippen LogP contribution is -2.46. The van der Waals surface area contributed by atoms with Crippen LogP contribution < -0.4 is 20.4 Å². The molecule has 0 spiro atoms. The lowest BCUT2D eigenvalue weighted by atomic mass is 10.2. The van der Waals surface area contributed by atoms with Crippen molar-refractivity contribution in [3.05, 3.63) is 35.0 Å². The number of urea groups is 1. The summed E-state index contributed by atoms with van der Waals surface area (Å²) in [7, 11) is 0. The molecule has 9 heteroatoms. The van der Waals surface area contributed by atoms with Crippen LogP contribution >= 0.6 is 11.3 Å². The average molecular weight is 401 g/mol. The highest BCUT2D eigenvalue weighted by Gasteiger charge is 2.22. The SMILES string of the molecule is O=C(Cc1csc(N2CCCNC2=O)n1)NCc1ccnc(N2CCCC2)c1. The summed E-state index contributed by atoms with van der Waals surface area (Å²) in [4.78, 5) is 37.0. The molecule has 0 bridgehead atoms. The Bertz CT molecular complexity index is 848. The van der Waals surface area contributed by atoms with Crippen molar-refractivity contribution in [1.82, 2.24) is 20.6 Å². The van der Waals surface area contributed by atoms with E-state index < -0.39 is 0 Å². The maximum Gasteiger partial charge on any atom is 0.323 e. The number of anilines is 2. The molecule has 2 aliphatic rings. The van der Waals surface area contributed by atoms with Gasteiger partial charge in [0.1, 0.15) is 5.82 Å². The average Bonchev–Trinajstić information content (AvgIpc) is 3.39. The van der Waals surface area contributed by atoms with Gasteiger partial charge >= 0.3 is 6.03 Å². The number of carbonyl (C=O) groups excluding carboxylic acids is 2. The Kier molecular flexibility index (Phi) is 5.70. The van der Waals surface area contributed by atoms with E-state index in [9.17, 15) is 9.59 Å². The minimum absolute atomic E-state index is 0.0838. The molecule has 28 heavy (non-hydrogen) atoms. The van der Waals surface area contributed by atoms with Crippen molar-refractivity contribution < 1.29 is 9.59 Å². The van der Waals surface area contributed by atoms with Gasteiger partial charge in [0.25, 0.3) is 0 Å². The number of nitrogens with one attached hydrogen (secondary N) is 2. The van der Waals surface area contributed by atoms with E-state index >= 15 is 0 Å². The van der Waals surface area contributed by atoms with Gasteiger partial charge in [-0.05, 0) is 37.0 Å². The van der Waals surface area contributed by atoms with Crippen molar-refractivity contribution in [2.24, 2.45) is 0 Å². The monoisotopic (exact) mass is 400 g/mol. The maximum atomic E-state index is 12.3. The smallest absolute Gasteiger partial charge is 0.323 e. The fraction of sp³-hybridized carbons (Fsp3) is 0.474. The number of thiazole rings is 1. The molecular weight excluding hydrogens is 376 g/mol. The van der Waals surface area contributed by atoms with Crippen molar-refractivity contribution in [2.45, 2.75) is 32.2 Å². The number of hydrogen-bond donors (Lipinski definition) is 2. The molecule has 2 aromatic rings. The highest BCUT2D eigenvalue weighted by Crippen LogP contribution is 2.22. The predicted molar refractivity (Wildman–Crippen MR) is 109 cm³/mol. The van der Waals surface area contributed by atoms with Crippen LogP contribution in [0.2, 0.25) is 0 Å². The summed E-state index contributed by atoms with van der Waals surface area (Å²) >= 11 is 1.39. The summed E-state index contributed by atoms with van der Waals surface area (Å²) in [6.45, 7) is 3.92. The van der Waals surface area contributed by atoms with E-state index in [0.29, 0.717) is 30.5 Å². The first-order valence-electron chi connectivity index (χ1n) is 9.65. The Morgan fingerprint density at radius 2 is 2.11 bits per heavy atom. The van der Waals surface area contributed by atoms with Crippen molar-refractivity contribution in [1.29, 1.82) is 0 Å². The van der Waals surface area contributed by atoms with Crippen molar-refractivity contribution >= 4 is 34.2 Å². The zero-order chi connectivity index (χ0) is 19.3. The van der Waals surface area contributed by atoms with Gasteiger partial charge in [0, 0.05) is 44.3 Å². The van der Waals surface area contributed by atoms with E-state index in [2.05, 4.69) is 25.5 Å². The third-order valence-corrected chi connectivity index (χ3v) is 5.83. The minimum atomic E-state index is -0.122. The molecule has 2 aliphatic heterocycles. The Morgan fingerprint density at radius 3 is 2.93 bits per heavy atom. The van der Waals surface area contributed by atoms with Crippen LogP contribution in [0.3, 0.4) is 0 Å². The van der Waals surface area contributed by atoms with E-state index in [4.69, 9.17) is 0 Å². The molecule has 0 aromatic carbocycles. The summed E-state index contributed by atoms with van der Waals surface area (Å²) < 4.78 is 0. The van der Waals surface area contributed by atoms with Crippen molar-refractivity contribution in [3.8, 4) is 0 Å². The van der Waals surface area contributed by atoms with Crippen molar-refractivity contribution in [3.63, 3.8) is 0 Å². The topological polar surface area (TPSA) is 90.5 Å². The molecule has 8 nitrogen and oxygen atoms in total. The van der Waals surface area contributed by atoms with Crippen LogP contribution in [0, 0.1) is 0 Å². The number of rotatable bonds is 6. The van der Waals surface area contributed by atoms with Crippen LogP contribution in [0.5, 0.6) is 0 Å². The van der Waals surface area contributed by atoms with Gasteiger partial charge in [-0.25, -0.2) is 14.8 Å². The van der Waals surface area contributed by atoms with Crippen LogP contribution in [0.15, 0.2) is 23.7 Å². The van der Waals surface area contributed by atoms with Gasteiger partial charge in [-0.3, -0.25) is 9.69 Å². The summed E-state index contributed by atoms with van der Waals surface area (Å²) in [5.74, 6) is 0.896. The Hall–Kier alpha value is -2.68. The molecule has 2 fully saturated rings. The summed E-state index contributed by atoms with van der Waals surface area (Å²) in [6.07, 6.45) is 5.31. The standard InChI is InChI=1S/C19H24N6O2S/c26-17(11-15-13-28-19(23-15)25-9-3-5-21-18(25)27)22-12-14-4-6-20-16(10-14)24-7-1-2-8-24/h4,6,10,13H,1-3,5,7-9,11-12H2,(H,21,27)(H,22,26). The molecule has 0 atom stereocenters. The van der Waals surface area contributed by atoms with Gasteiger partial charge in [-0.2, -0.15) is 0 Å². The Morgan fingerprint density at radius 1 is 1.25 bits per heavy atom. The maximum absolute atomic E-state index is 12.3. The van der Waals surface area contributed by atoms with Gasteiger partial charge in [-0.1, -0.05) is 0 Å². The highest BCUT2D eigenvalue weighted by molar-refractivity contribution is 7.14. The first kappa shape index (κ1) is 18.7. The van der Waals surface area contributed by atoms with Gasteiger partial charge in [0.15, 0.2) is 5.13 Å². The molecule has 2 aromatic heterocycles. The molecule has 4 heterocycles. The lowest BCUT2D eigenvalue weighted by Gasteiger charge is -2.24. The van der Waals surface area contributed by atoms with Crippen LogP contribution in [-0.2, 0) is 17.8 Å². The zero-order valence-electron chi connectivity index (χ0n) is 15.7. The molecule has 0 aliphatic carbocycles. The fourth-order valence-electron chi connectivity index (χ4n) is 3.43. The number of hydrogen-bond acceptors (Lipinski definition) is 6. The number of nitrogens with zero attached hydrogens (tertiary/aromatic N) is 4. The van der Waals surface area contributed by atoms with Crippen LogP contribution in [0.1, 0.15) is 30.5 Å². The van der Waals surface area contributed by atoms with Gasteiger partial charge in [0.2, 0.25) is 5.91 Å². The van der Waals surface area contributed by atoms with Gasteiger partial charge < -0.3 is 15.5 Å². The Labute approximate surface area is 168 Å². The third-order valence-electron chi connectivity index (χ3n) is 4.92. The van der Waals surface area contributed by atoms with E-state index in [-0.39, 0.29) is 18.4 Å². The second kappa shape index (κ2) is 8.55. The third kappa shape index (κ3) is 4.41. The molecule has 0 unspecified atom stereocenters. The van der Waals surface area contributed by atoms with E-state index in [0.717, 1.165) is 30.9 Å². The number of amides is 3. The number of pyridine rings is 1. The van der Waals surface area contributed by atoms with E-state index in [1.165, 1.54) is 24.2 Å². The fourth-order valence-corrected chi connectivity index (χ4v) is 4.28. The first-order valence-corrected chi connectivity index (χ1v) is 10.5. The zero-order valence-corrected chi connectivity index (χ0v) is 16.5. The van der Waals surface area contributed by atoms with Gasteiger partial charge in [0.05, 0.1) is 12.1 Å². The van der Waals surface area contributed by atoms with Crippen LogP contribution in [0.25, 0.3) is 0 Å². The number of carbonyl (C=O) groups is 2. The summed E-state index contributed by atoms with van der Waals surface area (Å²) in [5, 5.41) is 8.24. The van der Waals surface area contributed by atoms with E-state index in [1.54, 1.807) is 11.1 Å². The normalized spacial score (nSPS) is 16.9. The quantitative estimate of drug-likeness (QED) is 0.773. The van der Waals surface area contributed by atoms with Gasteiger partial charge in [-0.15, -0.1) is 11.3 Å². The van der Waals surface area contributed by atoms with Crippen LogP contribution in [-0.4, -0.2) is 48.1 Å². The van der Waals surface area contributed by atoms with Crippen LogP contribution in [0.4, 0.5) is 15.7 Å².